The molecule has 1 heterocycles. The summed E-state index contributed by atoms with van der Waals surface area (Å²) in [6.45, 7) is 2.14. The van der Waals surface area contributed by atoms with Crippen LogP contribution in [0.4, 0.5) is 0 Å². The zero-order valence-electron chi connectivity index (χ0n) is 9.73. The predicted molar refractivity (Wildman–Crippen MR) is 66.9 cm³/mol. The van der Waals surface area contributed by atoms with Gasteiger partial charge in [0.2, 0.25) is 0 Å². The fraction of sp³-hybridized carbons (Fsp3) is 0.917. The summed E-state index contributed by atoms with van der Waals surface area (Å²) in [5.41, 5.74) is 0. The molecular weight excluding hydrogens is 222 g/mol. The number of rotatable bonds is 4. The molecular formula is C12H21NO2S. The van der Waals surface area contributed by atoms with Gasteiger partial charge in [0.1, 0.15) is 0 Å². The van der Waals surface area contributed by atoms with Crippen molar-refractivity contribution in [3.8, 4) is 0 Å². The van der Waals surface area contributed by atoms with E-state index in [4.69, 9.17) is 5.11 Å². The summed E-state index contributed by atoms with van der Waals surface area (Å²) in [4.78, 5) is 13.0. The third-order valence-electron chi connectivity index (χ3n) is 3.68. The van der Waals surface area contributed by atoms with E-state index in [0.717, 1.165) is 30.8 Å². The molecule has 1 saturated carbocycles. The van der Waals surface area contributed by atoms with Crippen molar-refractivity contribution in [2.24, 2.45) is 0 Å². The molecule has 1 aliphatic carbocycles. The van der Waals surface area contributed by atoms with Crippen LogP contribution in [0.1, 0.15) is 38.5 Å². The first kappa shape index (κ1) is 12.2. The van der Waals surface area contributed by atoms with E-state index in [9.17, 15) is 4.79 Å². The molecule has 0 spiro atoms. The van der Waals surface area contributed by atoms with Crippen LogP contribution in [0.15, 0.2) is 0 Å². The van der Waals surface area contributed by atoms with Crippen LogP contribution >= 0.6 is 11.8 Å². The van der Waals surface area contributed by atoms with Gasteiger partial charge in [-0.2, -0.15) is 11.8 Å². The Kier molecular flexibility index (Phi) is 4.53. The second kappa shape index (κ2) is 5.92. The molecule has 0 amide bonds. The highest BCUT2D eigenvalue weighted by Gasteiger charge is 2.33. The molecule has 2 aliphatic rings. The highest BCUT2D eigenvalue weighted by molar-refractivity contribution is 8.00. The van der Waals surface area contributed by atoms with E-state index < -0.39 is 5.97 Å². The lowest BCUT2D eigenvalue weighted by Gasteiger charge is -2.43. The first-order valence-electron chi connectivity index (χ1n) is 6.35. The molecule has 0 aromatic rings. The first-order chi connectivity index (χ1) is 7.77. The SMILES string of the molecule is O=C(O)CCCN1CCSC2CCCCC21. The molecule has 16 heavy (non-hydrogen) atoms. The second-order valence-corrected chi connectivity index (χ2v) is 6.14. The van der Waals surface area contributed by atoms with Crippen molar-refractivity contribution in [1.29, 1.82) is 0 Å². The minimum absolute atomic E-state index is 0.320. The molecule has 0 radical (unpaired) electrons. The van der Waals surface area contributed by atoms with E-state index >= 15 is 0 Å². The van der Waals surface area contributed by atoms with Crippen molar-refractivity contribution < 1.29 is 9.90 Å². The van der Waals surface area contributed by atoms with Gasteiger partial charge in [0, 0.05) is 30.0 Å². The molecule has 0 aromatic carbocycles. The number of carbonyl (C=O) groups is 1. The Morgan fingerprint density at radius 2 is 2.19 bits per heavy atom. The number of fused-ring (bicyclic) bond motifs is 1. The number of thioether (sulfide) groups is 1. The lowest BCUT2D eigenvalue weighted by molar-refractivity contribution is -0.137. The van der Waals surface area contributed by atoms with Crippen molar-refractivity contribution in [2.45, 2.75) is 49.8 Å². The van der Waals surface area contributed by atoms with E-state index in [-0.39, 0.29) is 0 Å². The molecule has 2 unspecified atom stereocenters. The Hall–Kier alpha value is -0.220. The molecule has 0 bridgehead atoms. The number of nitrogens with zero attached hydrogens (tertiary/aromatic N) is 1. The van der Waals surface area contributed by atoms with Crippen LogP contribution in [0.5, 0.6) is 0 Å². The number of hydrogen-bond acceptors (Lipinski definition) is 3. The largest absolute Gasteiger partial charge is 0.481 e. The topological polar surface area (TPSA) is 40.5 Å². The second-order valence-electron chi connectivity index (χ2n) is 4.79. The number of aliphatic carboxylic acids is 1. The van der Waals surface area contributed by atoms with Crippen molar-refractivity contribution in [2.75, 3.05) is 18.8 Å². The summed E-state index contributed by atoms with van der Waals surface area (Å²) in [6, 6.07) is 0.737. The third kappa shape index (κ3) is 3.14. The van der Waals surface area contributed by atoms with E-state index in [1.165, 1.54) is 31.4 Å². The molecule has 4 heteroatoms. The van der Waals surface area contributed by atoms with Crippen LogP contribution < -0.4 is 0 Å². The van der Waals surface area contributed by atoms with E-state index in [2.05, 4.69) is 16.7 Å². The Morgan fingerprint density at radius 3 is 3.00 bits per heavy atom. The minimum Gasteiger partial charge on any atom is -0.481 e. The molecule has 2 atom stereocenters. The maximum atomic E-state index is 10.5. The number of hydrogen-bond donors (Lipinski definition) is 1. The van der Waals surface area contributed by atoms with E-state index in [0.29, 0.717) is 6.42 Å². The fourth-order valence-electron chi connectivity index (χ4n) is 2.89. The molecule has 3 nitrogen and oxygen atoms in total. The van der Waals surface area contributed by atoms with Gasteiger partial charge in [-0.15, -0.1) is 0 Å². The van der Waals surface area contributed by atoms with E-state index in [1.54, 1.807) is 0 Å². The van der Waals surface area contributed by atoms with Gasteiger partial charge in [-0.25, -0.2) is 0 Å². The molecule has 2 fully saturated rings. The van der Waals surface area contributed by atoms with Crippen molar-refractivity contribution >= 4 is 17.7 Å². The maximum absolute atomic E-state index is 10.5. The van der Waals surface area contributed by atoms with Gasteiger partial charge in [-0.1, -0.05) is 12.8 Å². The number of carboxylic acids is 1. The Labute approximate surface area is 102 Å². The number of carboxylic acid groups (broad SMARTS) is 1. The lowest BCUT2D eigenvalue weighted by atomic mass is 9.93. The standard InChI is InChI=1S/C12H21NO2S/c14-12(15)6-3-7-13-8-9-16-11-5-2-1-4-10(11)13/h10-11H,1-9H2,(H,14,15). The molecule has 0 aromatic heterocycles. The minimum atomic E-state index is -0.661. The van der Waals surface area contributed by atoms with Crippen LogP contribution in [0.2, 0.25) is 0 Å². The van der Waals surface area contributed by atoms with Crippen LogP contribution in [0, 0.1) is 0 Å². The zero-order chi connectivity index (χ0) is 11.4. The average molecular weight is 243 g/mol. The average Bonchev–Trinajstić information content (AvgIpc) is 2.29. The smallest absolute Gasteiger partial charge is 0.303 e. The maximum Gasteiger partial charge on any atom is 0.303 e. The van der Waals surface area contributed by atoms with Crippen molar-refractivity contribution in [1.82, 2.24) is 4.90 Å². The van der Waals surface area contributed by atoms with Crippen molar-refractivity contribution in [3.63, 3.8) is 0 Å². The Balaban J connectivity index is 1.80. The highest BCUT2D eigenvalue weighted by Crippen LogP contribution is 2.35. The zero-order valence-corrected chi connectivity index (χ0v) is 10.5. The van der Waals surface area contributed by atoms with Gasteiger partial charge in [-0.3, -0.25) is 9.69 Å². The lowest BCUT2D eigenvalue weighted by Crippen LogP contribution is -2.49. The van der Waals surface area contributed by atoms with Crippen LogP contribution in [0.25, 0.3) is 0 Å². The predicted octanol–water partition coefficient (Wildman–Crippen LogP) is 2.21. The first-order valence-corrected chi connectivity index (χ1v) is 7.39. The molecule has 1 N–H and O–H groups in total. The summed E-state index contributed by atoms with van der Waals surface area (Å²) in [5.74, 6) is 0.570. The normalized spacial score (nSPS) is 31.0. The quantitative estimate of drug-likeness (QED) is 0.822. The summed E-state index contributed by atoms with van der Waals surface area (Å²) < 4.78 is 0. The van der Waals surface area contributed by atoms with Crippen LogP contribution in [0.3, 0.4) is 0 Å². The molecule has 1 saturated heterocycles. The van der Waals surface area contributed by atoms with Gasteiger partial charge in [0.25, 0.3) is 0 Å². The molecule has 92 valence electrons. The fourth-order valence-corrected chi connectivity index (χ4v) is 4.39. The van der Waals surface area contributed by atoms with E-state index in [1.807, 2.05) is 0 Å². The Bertz CT molecular complexity index is 245. The van der Waals surface area contributed by atoms with Gasteiger partial charge in [0.05, 0.1) is 0 Å². The van der Waals surface area contributed by atoms with Gasteiger partial charge >= 0.3 is 5.97 Å². The van der Waals surface area contributed by atoms with Gasteiger partial charge in [-0.05, 0) is 25.8 Å². The Morgan fingerprint density at radius 1 is 1.38 bits per heavy atom. The van der Waals surface area contributed by atoms with Gasteiger partial charge < -0.3 is 5.11 Å². The third-order valence-corrected chi connectivity index (χ3v) is 5.08. The van der Waals surface area contributed by atoms with Crippen LogP contribution in [-0.4, -0.2) is 46.1 Å². The summed E-state index contributed by atoms with van der Waals surface area (Å²) in [5, 5.41) is 9.48. The monoisotopic (exact) mass is 243 g/mol. The van der Waals surface area contributed by atoms with Crippen LogP contribution in [-0.2, 0) is 4.79 Å². The van der Waals surface area contributed by atoms with Crippen molar-refractivity contribution in [3.05, 3.63) is 0 Å². The molecule has 2 rings (SSSR count). The summed E-state index contributed by atoms with van der Waals surface area (Å²) in [6.07, 6.45) is 6.56. The highest BCUT2D eigenvalue weighted by atomic mass is 32.2. The van der Waals surface area contributed by atoms with Gasteiger partial charge in [0.15, 0.2) is 0 Å². The molecule has 1 aliphatic heterocycles. The summed E-state index contributed by atoms with van der Waals surface area (Å²) >= 11 is 2.13. The summed E-state index contributed by atoms with van der Waals surface area (Å²) in [7, 11) is 0.